The molecule has 0 aliphatic carbocycles. The number of carbonyl (C=O) groups is 1. The number of aromatic nitrogens is 4. The van der Waals surface area contributed by atoms with E-state index in [-0.39, 0.29) is 11.9 Å². The van der Waals surface area contributed by atoms with Crippen molar-refractivity contribution < 1.29 is 4.79 Å². The lowest BCUT2D eigenvalue weighted by atomic mass is 10.2. The zero-order chi connectivity index (χ0) is 15.8. The first-order valence-corrected chi connectivity index (χ1v) is 7.75. The molecule has 1 fully saturated rings. The summed E-state index contributed by atoms with van der Waals surface area (Å²) < 4.78 is 0. The maximum absolute atomic E-state index is 12.7. The fourth-order valence-corrected chi connectivity index (χ4v) is 3.15. The van der Waals surface area contributed by atoms with Crippen LogP contribution in [0.15, 0.2) is 36.8 Å². The van der Waals surface area contributed by atoms with Crippen molar-refractivity contribution in [1.29, 1.82) is 0 Å². The van der Waals surface area contributed by atoms with E-state index >= 15 is 0 Å². The number of imidazole rings is 1. The first kappa shape index (κ1) is 13.9. The van der Waals surface area contributed by atoms with E-state index in [0.29, 0.717) is 5.69 Å². The van der Waals surface area contributed by atoms with E-state index in [1.54, 1.807) is 12.4 Å². The molecule has 1 aliphatic rings. The van der Waals surface area contributed by atoms with Crippen LogP contribution in [-0.2, 0) is 0 Å². The molecule has 0 spiro atoms. The summed E-state index contributed by atoms with van der Waals surface area (Å²) in [5.74, 6) is 0.762. The molecule has 6 nitrogen and oxygen atoms in total. The van der Waals surface area contributed by atoms with Gasteiger partial charge in [0.2, 0.25) is 0 Å². The summed E-state index contributed by atoms with van der Waals surface area (Å²) in [4.78, 5) is 30.7. The molecule has 1 saturated heterocycles. The fraction of sp³-hybridized carbons (Fsp3) is 0.294. The number of nitrogens with one attached hydrogen (secondary N) is 1. The second kappa shape index (κ2) is 5.46. The highest BCUT2D eigenvalue weighted by molar-refractivity contribution is 5.92. The predicted molar refractivity (Wildman–Crippen MR) is 85.9 cm³/mol. The Morgan fingerprint density at radius 3 is 3.09 bits per heavy atom. The molecular formula is C17H17N5O. The van der Waals surface area contributed by atoms with E-state index in [9.17, 15) is 4.79 Å². The van der Waals surface area contributed by atoms with Crippen LogP contribution in [0.5, 0.6) is 0 Å². The number of rotatable bonds is 2. The first-order valence-electron chi connectivity index (χ1n) is 7.75. The number of hydrogen-bond donors (Lipinski definition) is 1. The first-order chi connectivity index (χ1) is 11.2. The number of hydrogen-bond acceptors (Lipinski definition) is 4. The Balaban J connectivity index is 1.67. The van der Waals surface area contributed by atoms with Crippen LogP contribution in [0.4, 0.5) is 0 Å². The van der Waals surface area contributed by atoms with Crippen molar-refractivity contribution >= 4 is 16.9 Å². The van der Waals surface area contributed by atoms with Gasteiger partial charge in [-0.15, -0.1) is 0 Å². The van der Waals surface area contributed by atoms with Crippen LogP contribution in [0.3, 0.4) is 0 Å². The molecular weight excluding hydrogens is 290 g/mol. The lowest BCUT2D eigenvalue weighted by molar-refractivity contribution is 0.0724. The summed E-state index contributed by atoms with van der Waals surface area (Å²) in [7, 11) is 0. The second-order valence-electron chi connectivity index (χ2n) is 5.89. The van der Waals surface area contributed by atoms with Crippen LogP contribution >= 0.6 is 0 Å². The van der Waals surface area contributed by atoms with E-state index in [0.717, 1.165) is 36.2 Å². The van der Waals surface area contributed by atoms with Gasteiger partial charge in [-0.2, -0.15) is 0 Å². The highest BCUT2D eigenvalue weighted by Crippen LogP contribution is 2.32. The molecule has 6 heteroatoms. The summed E-state index contributed by atoms with van der Waals surface area (Å²) >= 11 is 0. The SMILES string of the molecule is Cc1ccc2nc(C3CCCN3C(=O)c3cnccn3)[nH]c2c1. The third-order valence-electron chi connectivity index (χ3n) is 4.27. The summed E-state index contributed by atoms with van der Waals surface area (Å²) in [5.41, 5.74) is 3.51. The highest BCUT2D eigenvalue weighted by atomic mass is 16.2. The van der Waals surface area contributed by atoms with Crippen LogP contribution in [0.1, 0.15) is 40.8 Å². The maximum atomic E-state index is 12.7. The topological polar surface area (TPSA) is 74.8 Å². The minimum atomic E-state index is -0.0859. The highest BCUT2D eigenvalue weighted by Gasteiger charge is 2.33. The van der Waals surface area contributed by atoms with Gasteiger partial charge in [0.05, 0.1) is 23.3 Å². The van der Waals surface area contributed by atoms with Crippen LogP contribution in [0.2, 0.25) is 0 Å². The average molecular weight is 307 g/mol. The summed E-state index contributed by atoms with van der Waals surface area (Å²) in [6.45, 7) is 2.77. The Morgan fingerprint density at radius 2 is 2.26 bits per heavy atom. The molecule has 0 radical (unpaired) electrons. The van der Waals surface area contributed by atoms with E-state index in [4.69, 9.17) is 0 Å². The van der Waals surface area contributed by atoms with Gasteiger partial charge in [0, 0.05) is 18.9 Å². The minimum absolute atomic E-state index is 0.0304. The summed E-state index contributed by atoms with van der Waals surface area (Å²) in [6, 6.07) is 6.10. The fourth-order valence-electron chi connectivity index (χ4n) is 3.15. The van der Waals surface area contributed by atoms with Crippen LogP contribution in [-0.4, -0.2) is 37.3 Å². The zero-order valence-electron chi connectivity index (χ0n) is 12.9. The number of H-pyrrole nitrogens is 1. The molecule has 4 rings (SSSR count). The van der Waals surface area contributed by atoms with Crippen LogP contribution in [0, 0.1) is 6.92 Å². The number of likely N-dealkylation sites (tertiary alicyclic amines) is 1. The zero-order valence-corrected chi connectivity index (χ0v) is 12.9. The van der Waals surface area contributed by atoms with Gasteiger partial charge in [0.15, 0.2) is 0 Å². The number of fused-ring (bicyclic) bond motifs is 1. The Bertz CT molecular complexity index is 858. The van der Waals surface area contributed by atoms with Gasteiger partial charge < -0.3 is 9.88 Å². The van der Waals surface area contributed by atoms with Crippen molar-refractivity contribution in [2.45, 2.75) is 25.8 Å². The third kappa shape index (κ3) is 2.46. The van der Waals surface area contributed by atoms with Crippen molar-refractivity contribution in [3.8, 4) is 0 Å². The number of nitrogens with zero attached hydrogens (tertiary/aromatic N) is 4. The van der Waals surface area contributed by atoms with E-state index in [1.165, 1.54) is 11.8 Å². The Hall–Kier alpha value is -2.76. The molecule has 2 aromatic heterocycles. The number of aromatic amines is 1. The molecule has 3 aromatic rings. The Morgan fingerprint density at radius 1 is 1.35 bits per heavy atom. The molecule has 116 valence electrons. The lowest BCUT2D eigenvalue weighted by Crippen LogP contribution is -2.31. The van der Waals surface area contributed by atoms with Gasteiger partial charge in [0.1, 0.15) is 11.5 Å². The molecule has 1 N–H and O–H groups in total. The van der Waals surface area contributed by atoms with Crippen molar-refractivity contribution in [2.75, 3.05) is 6.54 Å². The normalized spacial score (nSPS) is 17.8. The van der Waals surface area contributed by atoms with Gasteiger partial charge >= 0.3 is 0 Å². The van der Waals surface area contributed by atoms with E-state index in [1.807, 2.05) is 17.0 Å². The maximum Gasteiger partial charge on any atom is 0.274 e. The minimum Gasteiger partial charge on any atom is -0.340 e. The molecule has 1 aliphatic heterocycles. The summed E-state index contributed by atoms with van der Waals surface area (Å²) in [5, 5.41) is 0. The smallest absolute Gasteiger partial charge is 0.274 e. The molecule has 1 unspecified atom stereocenters. The van der Waals surface area contributed by atoms with Gasteiger partial charge in [-0.1, -0.05) is 6.07 Å². The van der Waals surface area contributed by atoms with Crippen molar-refractivity contribution in [3.05, 3.63) is 53.9 Å². The molecule has 0 bridgehead atoms. The van der Waals surface area contributed by atoms with Gasteiger partial charge in [-0.3, -0.25) is 9.78 Å². The van der Waals surface area contributed by atoms with E-state index in [2.05, 4.69) is 32.9 Å². The van der Waals surface area contributed by atoms with Crippen LogP contribution in [0.25, 0.3) is 11.0 Å². The quantitative estimate of drug-likeness (QED) is 0.789. The third-order valence-corrected chi connectivity index (χ3v) is 4.27. The number of carbonyl (C=O) groups excluding carboxylic acids is 1. The average Bonchev–Trinajstić information content (AvgIpc) is 3.20. The lowest BCUT2D eigenvalue weighted by Gasteiger charge is -2.22. The van der Waals surface area contributed by atoms with Gasteiger partial charge in [-0.25, -0.2) is 9.97 Å². The standard InChI is InChI=1S/C17H17N5O/c1-11-4-5-12-13(9-11)21-16(20-12)15-3-2-8-22(15)17(23)14-10-18-6-7-19-14/h4-7,9-10,15H,2-3,8H2,1H3,(H,20,21). The Kier molecular flexibility index (Phi) is 3.29. The molecule has 1 amide bonds. The molecule has 1 aromatic carbocycles. The predicted octanol–water partition coefficient (Wildman–Crippen LogP) is 2.64. The van der Waals surface area contributed by atoms with Crippen molar-refractivity contribution in [2.24, 2.45) is 0 Å². The van der Waals surface area contributed by atoms with Gasteiger partial charge in [0.25, 0.3) is 5.91 Å². The Labute approximate surface area is 133 Å². The monoisotopic (exact) mass is 307 g/mol. The van der Waals surface area contributed by atoms with Crippen molar-refractivity contribution in [3.63, 3.8) is 0 Å². The number of aryl methyl sites for hydroxylation is 1. The summed E-state index contributed by atoms with van der Waals surface area (Å²) in [6.07, 6.45) is 6.50. The van der Waals surface area contributed by atoms with Crippen LogP contribution < -0.4 is 0 Å². The molecule has 1 atom stereocenters. The molecule has 3 heterocycles. The largest absolute Gasteiger partial charge is 0.340 e. The molecule has 23 heavy (non-hydrogen) atoms. The van der Waals surface area contributed by atoms with Gasteiger partial charge in [-0.05, 0) is 37.5 Å². The number of amides is 1. The van der Waals surface area contributed by atoms with Crippen molar-refractivity contribution in [1.82, 2.24) is 24.8 Å². The second-order valence-corrected chi connectivity index (χ2v) is 5.89. The molecule has 0 saturated carbocycles. The van der Waals surface area contributed by atoms with E-state index < -0.39 is 0 Å². The number of benzene rings is 1.